The van der Waals surface area contributed by atoms with Crippen molar-refractivity contribution in [1.82, 2.24) is 20.1 Å². The normalized spacial score (nSPS) is 12.4. The number of hydrogen-bond donors (Lipinski definition) is 1. The first kappa shape index (κ1) is 21.5. The second kappa shape index (κ2) is 8.66. The van der Waals surface area contributed by atoms with Gasteiger partial charge in [-0.15, -0.1) is 16.4 Å². The molecule has 0 bridgehead atoms. The van der Waals surface area contributed by atoms with E-state index in [1.165, 1.54) is 35.1 Å². The Hall–Kier alpha value is -3.21. The van der Waals surface area contributed by atoms with Gasteiger partial charge in [-0.1, -0.05) is 12.1 Å². The molecule has 0 aliphatic heterocycles. The van der Waals surface area contributed by atoms with Crippen molar-refractivity contribution in [3.8, 4) is 16.4 Å². The zero-order chi connectivity index (χ0) is 21.9. The van der Waals surface area contributed by atoms with Gasteiger partial charge >= 0.3 is 12.1 Å². The fourth-order valence-corrected chi connectivity index (χ4v) is 3.25. The van der Waals surface area contributed by atoms with Crippen LogP contribution in [0.2, 0.25) is 0 Å². The number of rotatable bonds is 6. The first-order valence-corrected chi connectivity index (χ1v) is 9.74. The molecule has 1 aromatic carbocycles. The van der Waals surface area contributed by atoms with E-state index in [-0.39, 0.29) is 23.9 Å². The number of alkyl halides is 3. The van der Waals surface area contributed by atoms with Crippen molar-refractivity contribution in [3.63, 3.8) is 0 Å². The SMILES string of the molecule is CCOC(=O)C(C)NC(=O)c1nc(-c2cccs2)n(-c2cccc(C(F)(F)F)c2)n1. The molecule has 0 saturated carbocycles. The Bertz CT molecular complexity index is 1050. The van der Waals surface area contributed by atoms with E-state index in [0.29, 0.717) is 4.88 Å². The molecule has 158 valence electrons. The summed E-state index contributed by atoms with van der Waals surface area (Å²) >= 11 is 1.29. The van der Waals surface area contributed by atoms with E-state index < -0.39 is 29.7 Å². The Morgan fingerprint density at radius 1 is 1.27 bits per heavy atom. The molecule has 0 saturated heterocycles. The van der Waals surface area contributed by atoms with Crippen LogP contribution in [-0.4, -0.2) is 39.3 Å². The van der Waals surface area contributed by atoms with Crippen LogP contribution in [0.15, 0.2) is 41.8 Å². The molecule has 0 spiro atoms. The van der Waals surface area contributed by atoms with Crippen molar-refractivity contribution in [1.29, 1.82) is 0 Å². The number of carbonyl (C=O) groups excluding carboxylic acids is 2. The monoisotopic (exact) mass is 438 g/mol. The first-order chi connectivity index (χ1) is 14.2. The fourth-order valence-electron chi connectivity index (χ4n) is 2.55. The fraction of sp³-hybridized carbons (Fsp3) is 0.263. The molecule has 30 heavy (non-hydrogen) atoms. The number of hydrogen-bond acceptors (Lipinski definition) is 6. The van der Waals surface area contributed by atoms with Gasteiger partial charge < -0.3 is 10.1 Å². The van der Waals surface area contributed by atoms with Crippen LogP contribution in [0.5, 0.6) is 0 Å². The smallest absolute Gasteiger partial charge is 0.416 e. The number of ether oxygens (including phenoxy) is 1. The summed E-state index contributed by atoms with van der Waals surface area (Å²) in [5.41, 5.74) is -0.757. The van der Waals surface area contributed by atoms with Gasteiger partial charge in [0.15, 0.2) is 5.82 Å². The topological polar surface area (TPSA) is 86.1 Å². The van der Waals surface area contributed by atoms with Gasteiger partial charge in [-0.25, -0.2) is 14.5 Å². The number of thiophene rings is 1. The van der Waals surface area contributed by atoms with Crippen LogP contribution in [0.25, 0.3) is 16.4 Å². The number of aromatic nitrogens is 3. The summed E-state index contributed by atoms with van der Waals surface area (Å²) in [7, 11) is 0. The zero-order valence-electron chi connectivity index (χ0n) is 15.9. The third-order valence-corrected chi connectivity index (χ3v) is 4.82. The lowest BCUT2D eigenvalue weighted by molar-refractivity contribution is -0.145. The van der Waals surface area contributed by atoms with Crippen LogP contribution in [0.4, 0.5) is 13.2 Å². The van der Waals surface area contributed by atoms with Gasteiger partial charge in [-0.2, -0.15) is 13.2 Å². The summed E-state index contributed by atoms with van der Waals surface area (Å²) in [5, 5.41) is 8.29. The molecule has 3 rings (SSSR count). The average molecular weight is 438 g/mol. The summed E-state index contributed by atoms with van der Waals surface area (Å²) < 4.78 is 45.4. The van der Waals surface area contributed by atoms with Crippen LogP contribution in [0.1, 0.15) is 30.0 Å². The summed E-state index contributed by atoms with van der Waals surface area (Å²) in [5.74, 6) is -1.45. The standard InChI is InChI=1S/C19H17F3N4O3S/c1-3-29-18(28)11(2)23-17(27)15-24-16(14-8-5-9-30-14)26(25-15)13-7-4-6-12(10-13)19(20,21)22/h4-11H,3H2,1-2H3,(H,23,27). The predicted molar refractivity (Wildman–Crippen MR) is 103 cm³/mol. The van der Waals surface area contributed by atoms with E-state index in [4.69, 9.17) is 4.74 Å². The van der Waals surface area contributed by atoms with Crippen LogP contribution in [0, 0.1) is 0 Å². The largest absolute Gasteiger partial charge is 0.464 e. The molecule has 0 aliphatic carbocycles. The Balaban J connectivity index is 1.99. The molecule has 3 aromatic rings. The van der Waals surface area contributed by atoms with Crippen LogP contribution < -0.4 is 5.32 Å². The van der Waals surface area contributed by atoms with E-state index in [0.717, 1.165) is 12.1 Å². The Labute approximate surface area is 173 Å². The highest BCUT2D eigenvalue weighted by Crippen LogP contribution is 2.32. The van der Waals surface area contributed by atoms with Gasteiger partial charge in [-0.05, 0) is 43.5 Å². The molecule has 1 unspecified atom stereocenters. The van der Waals surface area contributed by atoms with Gasteiger partial charge in [0.05, 0.1) is 22.7 Å². The van der Waals surface area contributed by atoms with E-state index in [9.17, 15) is 22.8 Å². The number of esters is 1. The van der Waals surface area contributed by atoms with Crippen molar-refractivity contribution in [2.75, 3.05) is 6.61 Å². The summed E-state index contributed by atoms with van der Waals surface area (Å²) in [6.07, 6.45) is -4.53. The molecule has 2 heterocycles. The van der Waals surface area contributed by atoms with Crippen LogP contribution in [-0.2, 0) is 15.7 Å². The first-order valence-electron chi connectivity index (χ1n) is 8.86. The van der Waals surface area contributed by atoms with E-state index >= 15 is 0 Å². The summed E-state index contributed by atoms with van der Waals surface area (Å²) in [6, 6.07) is 7.07. The minimum atomic E-state index is -4.53. The Morgan fingerprint density at radius 2 is 2.03 bits per heavy atom. The van der Waals surface area contributed by atoms with Gasteiger partial charge in [-0.3, -0.25) is 4.79 Å². The molecule has 11 heteroatoms. The molecule has 0 radical (unpaired) electrons. The Morgan fingerprint density at radius 3 is 2.67 bits per heavy atom. The molecule has 2 aromatic heterocycles. The molecular formula is C19H17F3N4O3S. The second-order valence-electron chi connectivity index (χ2n) is 6.14. The second-order valence-corrected chi connectivity index (χ2v) is 7.09. The third-order valence-electron chi connectivity index (χ3n) is 3.96. The number of amides is 1. The van der Waals surface area contributed by atoms with Crippen molar-refractivity contribution in [3.05, 3.63) is 53.2 Å². The zero-order valence-corrected chi connectivity index (χ0v) is 16.8. The van der Waals surface area contributed by atoms with Crippen LogP contribution in [0.3, 0.4) is 0 Å². The van der Waals surface area contributed by atoms with Crippen molar-refractivity contribution >= 4 is 23.2 Å². The average Bonchev–Trinajstić information content (AvgIpc) is 3.37. The highest BCUT2D eigenvalue weighted by molar-refractivity contribution is 7.13. The van der Waals surface area contributed by atoms with Crippen molar-refractivity contribution < 1.29 is 27.5 Å². The molecule has 1 N–H and O–H groups in total. The van der Waals surface area contributed by atoms with Gasteiger partial charge in [0.2, 0.25) is 5.82 Å². The van der Waals surface area contributed by atoms with Gasteiger partial charge in [0.25, 0.3) is 5.91 Å². The molecular weight excluding hydrogens is 421 g/mol. The lowest BCUT2D eigenvalue weighted by atomic mass is 10.2. The number of halogens is 3. The lowest BCUT2D eigenvalue weighted by Gasteiger charge is -2.11. The van der Waals surface area contributed by atoms with Crippen molar-refractivity contribution in [2.24, 2.45) is 0 Å². The maximum Gasteiger partial charge on any atom is 0.416 e. The number of carbonyl (C=O) groups is 2. The predicted octanol–water partition coefficient (Wildman–Crippen LogP) is 3.70. The lowest BCUT2D eigenvalue weighted by Crippen LogP contribution is -2.40. The molecule has 0 fully saturated rings. The summed E-state index contributed by atoms with van der Waals surface area (Å²) in [6.45, 7) is 3.24. The molecule has 0 aliphatic rings. The number of benzene rings is 1. The van der Waals surface area contributed by atoms with E-state index in [2.05, 4.69) is 15.4 Å². The number of nitrogens with zero attached hydrogens (tertiary/aromatic N) is 3. The van der Waals surface area contributed by atoms with E-state index in [1.807, 2.05) is 0 Å². The quantitative estimate of drug-likeness (QED) is 0.593. The minimum absolute atomic E-state index is 0.0956. The minimum Gasteiger partial charge on any atom is -0.464 e. The highest BCUT2D eigenvalue weighted by Gasteiger charge is 2.31. The van der Waals surface area contributed by atoms with Crippen LogP contribution >= 0.6 is 11.3 Å². The molecule has 7 nitrogen and oxygen atoms in total. The highest BCUT2D eigenvalue weighted by atomic mass is 32.1. The maximum absolute atomic E-state index is 13.1. The Kier molecular flexibility index (Phi) is 6.20. The molecule has 1 amide bonds. The van der Waals surface area contributed by atoms with Gasteiger partial charge in [0.1, 0.15) is 6.04 Å². The molecule has 1 atom stereocenters. The number of nitrogens with one attached hydrogen (secondary N) is 1. The van der Waals surface area contributed by atoms with Crippen molar-refractivity contribution in [2.45, 2.75) is 26.1 Å². The van der Waals surface area contributed by atoms with E-state index in [1.54, 1.807) is 24.4 Å². The summed E-state index contributed by atoms with van der Waals surface area (Å²) in [4.78, 5) is 29.1. The maximum atomic E-state index is 13.1. The van der Waals surface area contributed by atoms with Gasteiger partial charge in [0, 0.05) is 0 Å². The third kappa shape index (κ3) is 4.67.